The number of hydrogen-bond donors (Lipinski definition) is 1. The van der Waals surface area contributed by atoms with Gasteiger partial charge in [-0.2, -0.15) is 0 Å². The van der Waals surface area contributed by atoms with Gasteiger partial charge in [-0.25, -0.2) is 4.39 Å². The summed E-state index contributed by atoms with van der Waals surface area (Å²) in [7, 11) is 0. The average Bonchev–Trinajstić information content (AvgIpc) is 3.17. The van der Waals surface area contributed by atoms with Crippen LogP contribution in [0, 0.1) is 5.82 Å². The lowest BCUT2D eigenvalue weighted by molar-refractivity contribution is 0.0955. The number of amides is 1. The molecule has 2 heterocycles. The molecule has 0 radical (unpaired) electrons. The molecule has 21 heavy (non-hydrogen) atoms. The first-order valence-corrected chi connectivity index (χ1v) is 7.25. The van der Waals surface area contributed by atoms with Crippen molar-refractivity contribution < 1.29 is 13.6 Å². The molecule has 2 aromatic heterocycles. The molecule has 0 spiro atoms. The number of carbonyl (C=O) groups excluding carboxylic acids is 1. The van der Waals surface area contributed by atoms with Crippen LogP contribution in [0.25, 0.3) is 11.3 Å². The molecule has 0 unspecified atom stereocenters. The van der Waals surface area contributed by atoms with Crippen LogP contribution >= 0.6 is 11.3 Å². The summed E-state index contributed by atoms with van der Waals surface area (Å²) in [5, 5.41) is 4.69. The predicted octanol–water partition coefficient (Wildman–Crippen LogP) is 4.08. The van der Waals surface area contributed by atoms with Crippen molar-refractivity contribution in [1.29, 1.82) is 0 Å². The number of benzene rings is 1. The fourth-order valence-electron chi connectivity index (χ4n) is 1.90. The second kappa shape index (κ2) is 5.93. The average molecular weight is 301 g/mol. The van der Waals surface area contributed by atoms with Crippen LogP contribution < -0.4 is 5.32 Å². The van der Waals surface area contributed by atoms with E-state index in [2.05, 4.69) is 5.32 Å². The van der Waals surface area contributed by atoms with Crippen LogP contribution in [0.2, 0.25) is 0 Å². The molecule has 106 valence electrons. The molecule has 1 N–H and O–H groups in total. The minimum absolute atomic E-state index is 0.151. The maximum atomic E-state index is 12.8. The molecule has 1 aromatic carbocycles. The highest BCUT2D eigenvalue weighted by atomic mass is 32.1. The molecule has 0 atom stereocenters. The smallest absolute Gasteiger partial charge is 0.261 e. The molecule has 3 nitrogen and oxygen atoms in total. The third kappa shape index (κ3) is 3.20. The van der Waals surface area contributed by atoms with E-state index in [-0.39, 0.29) is 11.7 Å². The Hall–Kier alpha value is -2.40. The van der Waals surface area contributed by atoms with Crippen molar-refractivity contribution in [3.63, 3.8) is 0 Å². The van der Waals surface area contributed by atoms with Gasteiger partial charge in [0.05, 0.1) is 11.1 Å². The van der Waals surface area contributed by atoms with Crippen LogP contribution in [0.15, 0.2) is 58.5 Å². The van der Waals surface area contributed by atoms with Gasteiger partial charge in [0, 0.05) is 17.5 Å². The predicted molar refractivity (Wildman–Crippen MR) is 79.6 cm³/mol. The number of hydrogen-bond acceptors (Lipinski definition) is 3. The first-order chi connectivity index (χ1) is 10.2. The fraction of sp³-hybridized carbons (Fsp3) is 0.0625. The SMILES string of the molecule is O=C(NCc1ccc(F)cc1)c1cc(-c2ccco2)cs1. The number of carbonyl (C=O) groups is 1. The second-order valence-electron chi connectivity index (χ2n) is 4.49. The van der Waals surface area contributed by atoms with E-state index in [0.29, 0.717) is 11.4 Å². The van der Waals surface area contributed by atoms with Crippen LogP contribution in [0.3, 0.4) is 0 Å². The molecule has 0 aliphatic rings. The largest absolute Gasteiger partial charge is 0.464 e. The molecule has 0 aliphatic heterocycles. The zero-order valence-electron chi connectivity index (χ0n) is 11.0. The lowest BCUT2D eigenvalue weighted by Crippen LogP contribution is -2.21. The Morgan fingerprint density at radius 1 is 1.24 bits per heavy atom. The van der Waals surface area contributed by atoms with Gasteiger partial charge in [0.2, 0.25) is 0 Å². The third-order valence-electron chi connectivity index (χ3n) is 3.00. The molecular weight excluding hydrogens is 289 g/mol. The van der Waals surface area contributed by atoms with E-state index in [1.54, 1.807) is 30.5 Å². The van der Waals surface area contributed by atoms with Gasteiger partial charge < -0.3 is 9.73 Å². The summed E-state index contributed by atoms with van der Waals surface area (Å²) in [4.78, 5) is 12.7. The van der Waals surface area contributed by atoms with Gasteiger partial charge in [-0.15, -0.1) is 11.3 Å². The topological polar surface area (TPSA) is 42.2 Å². The monoisotopic (exact) mass is 301 g/mol. The standard InChI is InChI=1S/C16H12FNO2S/c17-13-5-3-11(4-6-13)9-18-16(19)15-8-12(10-21-15)14-2-1-7-20-14/h1-8,10H,9H2,(H,18,19). The highest BCUT2D eigenvalue weighted by Crippen LogP contribution is 2.25. The summed E-state index contributed by atoms with van der Waals surface area (Å²) in [5.41, 5.74) is 1.74. The summed E-state index contributed by atoms with van der Waals surface area (Å²) >= 11 is 1.36. The maximum absolute atomic E-state index is 12.8. The van der Waals surface area contributed by atoms with Gasteiger partial charge in [0.25, 0.3) is 5.91 Å². The quantitative estimate of drug-likeness (QED) is 0.789. The molecule has 3 aromatic rings. The Kier molecular flexibility index (Phi) is 3.83. The van der Waals surface area contributed by atoms with Crippen LogP contribution in [0.5, 0.6) is 0 Å². The van der Waals surface area contributed by atoms with Crippen molar-refractivity contribution in [1.82, 2.24) is 5.32 Å². The highest BCUT2D eigenvalue weighted by molar-refractivity contribution is 7.12. The summed E-state index contributed by atoms with van der Waals surface area (Å²) in [5.74, 6) is 0.303. The molecule has 5 heteroatoms. The molecular formula is C16H12FNO2S. The normalized spacial score (nSPS) is 10.5. The number of rotatable bonds is 4. The van der Waals surface area contributed by atoms with E-state index >= 15 is 0 Å². The second-order valence-corrected chi connectivity index (χ2v) is 5.40. The Morgan fingerprint density at radius 3 is 2.76 bits per heavy atom. The highest BCUT2D eigenvalue weighted by Gasteiger charge is 2.11. The first kappa shape index (κ1) is 13.6. The van der Waals surface area contributed by atoms with Gasteiger partial charge in [0.15, 0.2) is 0 Å². The zero-order chi connectivity index (χ0) is 14.7. The molecule has 0 aliphatic carbocycles. The van der Waals surface area contributed by atoms with Crippen LogP contribution in [-0.2, 0) is 6.54 Å². The maximum Gasteiger partial charge on any atom is 0.261 e. The number of nitrogens with one attached hydrogen (secondary N) is 1. The van der Waals surface area contributed by atoms with Gasteiger partial charge in [-0.1, -0.05) is 12.1 Å². The van der Waals surface area contributed by atoms with E-state index in [0.717, 1.165) is 16.9 Å². The molecule has 3 rings (SSSR count). The van der Waals surface area contributed by atoms with E-state index < -0.39 is 0 Å². The lowest BCUT2D eigenvalue weighted by Gasteiger charge is -2.03. The van der Waals surface area contributed by atoms with Crippen LogP contribution in [-0.4, -0.2) is 5.91 Å². The van der Waals surface area contributed by atoms with Gasteiger partial charge >= 0.3 is 0 Å². The fourth-order valence-corrected chi connectivity index (χ4v) is 2.71. The van der Waals surface area contributed by atoms with Crippen molar-refractivity contribution in [2.45, 2.75) is 6.54 Å². The lowest BCUT2D eigenvalue weighted by atomic mass is 10.2. The minimum Gasteiger partial charge on any atom is -0.464 e. The van der Waals surface area contributed by atoms with Crippen molar-refractivity contribution >= 4 is 17.2 Å². The number of halogens is 1. The first-order valence-electron chi connectivity index (χ1n) is 6.37. The molecule has 0 saturated carbocycles. The Morgan fingerprint density at radius 2 is 2.05 bits per heavy atom. The van der Waals surface area contributed by atoms with Crippen molar-refractivity contribution in [3.8, 4) is 11.3 Å². The molecule has 0 fully saturated rings. The van der Waals surface area contributed by atoms with E-state index in [4.69, 9.17) is 4.42 Å². The molecule has 0 saturated heterocycles. The van der Waals surface area contributed by atoms with E-state index in [1.165, 1.54) is 23.5 Å². The van der Waals surface area contributed by atoms with Crippen molar-refractivity contribution in [2.24, 2.45) is 0 Å². The number of thiophene rings is 1. The zero-order valence-corrected chi connectivity index (χ0v) is 11.8. The van der Waals surface area contributed by atoms with Gasteiger partial charge in [0.1, 0.15) is 11.6 Å². The molecule has 1 amide bonds. The number of furan rings is 1. The summed E-state index contributed by atoms with van der Waals surface area (Å²) in [6, 6.07) is 11.5. The van der Waals surface area contributed by atoms with E-state index in [9.17, 15) is 9.18 Å². The Balaban J connectivity index is 1.64. The van der Waals surface area contributed by atoms with Gasteiger partial charge in [-0.05, 0) is 35.9 Å². The summed E-state index contributed by atoms with van der Waals surface area (Å²) in [6.45, 7) is 0.368. The van der Waals surface area contributed by atoms with Crippen LogP contribution in [0.4, 0.5) is 4.39 Å². The third-order valence-corrected chi connectivity index (χ3v) is 3.92. The Bertz CT molecular complexity index is 732. The van der Waals surface area contributed by atoms with Gasteiger partial charge in [-0.3, -0.25) is 4.79 Å². The van der Waals surface area contributed by atoms with E-state index in [1.807, 2.05) is 11.4 Å². The minimum atomic E-state index is -0.286. The van der Waals surface area contributed by atoms with Crippen LogP contribution in [0.1, 0.15) is 15.2 Å². The summed E-state index contributed by atoms with van der Waals surface area (Å²) < 4.78 is 18.1. The van der Waals surface area contributed by atoms with Crippen molar-refractivity contribution in [2.75, 3.05) is 0 Å². The van der Waals surface area contributed by atoms with Crippen molar-refractivity contribution in [3.05, 3.63) is 70.4 Å². The summed E-state index contributed by atoms with van der Waals surface area (Å²) in [6.07, 6.45) is 1.60. The molecule has 0 bridgehead atoms. The Labute approximate surface area is 125 Å².